The Hall–Kier alpha value is -2.73. The molecule has 0 bridgehead atoms. The Kier molecular flexibility index (Phi) is 6.45. The van der Waals surface area contributed by atoms with Crippen LogP contribution >= 0.6 is 0 Å². The van der Waals surface area contributed by atoms with Gasteiger partial charge in [0.05, 0.1) is 12.6 Å². The van der Waals surface area contributed by atoms with Crippen LogP contribution in [-0.2, 0) is 20.9 Å². The van der Waals surface area contributed by atoms with E-state index in [2.05, 4.69) is 15.6 Å². The Morgan fingerprint density at radius 1 is 1.21 bits per heavy atom. The topological polar surface area (TPSA) is 80.3 Å². The molecule has 1 aromatic heterocycles. The Morgan fingerprint density at radius 3 is 2.75 bits per heavy atom. The van der Waals surface area contributed by atoms with Crippen LogP contribution < -0.4 is 10.6 Å². The molecule has 0 saturated carbocycles. The van der Waals surface area contributed by atoms with Crippen molar-refractivity contribution >= 4 is 17.5 Å². The van der Waals surface area contributed by atoms with E-state index in [4.69, 9.17) is 4.74 Å². The van der Waals surface area contributed by atoms with E-state index in [9.17, 15) is 9.59 Å². The summed E-state index contributed by atoms with van der Waals surface area (Å²) < 4.78 is 5.33. The molecule has 1 atom stereocenters. The average Bonchev–Trinajstić information content (AvgIpc) is 2.61. The number of aromatic nitrogens is 1. The maximum atomic E-state index is 12.0. The minimum atomic E-state index is -0.709. The molecule has 0 saturated heterocycles. The van der Waals surface area contributed by atoms with E-state index in [1.807, 2.05) is 19.1 Å². The first kappa shape index (κ1) is 17.6. The summed E-state index contributed by atoms with van der Waals surface area (Å²) in [7, 11) is 0. The molecule has 0 fully saturated rings. The number of nitrogens with zero attached hydrogens (tertiary/aromatic N) is 1. The maximum absolute atomic E-state index is 12.0. The average molecular weight is 327 g/mol. The van der Waals surface area contributed by atoms with E-state index in [0.717, 1.165) is 11.1 Å². The van der Waals surface area contributed by atoms with E-state index < -0.39 is 11.8 Å². The quantitative estimate of drug-likeness (QED) is 0.799. The molecule has 1 heterocycles. The smallest absolute Gasteiger partial charge is 0.313 e. The van der Waals surface area contributed by atoms with Crippen molar-refractivity contribution in [3.8, 4) is 0 Å². The monoisotopic (exact) mass is 327 g/mol. The Bertz CT molecular complexity index is 689. The highest BCUT2D eigenvalue weighted by Gasteiger charge is 2.17. The number of hydrogen-bond acceptors (Lipinski definition) is 4. The van der Waals surface area contributed by atoms with Gasteiger partial charge in [-0.15, -0.1) is 0 Å². The second-order valence-electron chi connectivity index (χ2n) is 5.27. The molecule has 126 valence electrons. The van der Waals surface area contributed by atoms with Gasteiger partial charge in [-0.3, -0.25) is 14.6 Å². The van der Waals surface area contributed by atoms with Crippen LogP contribution in [0.1, 0.15) is 31.0 Å². The summed E-state index contributed by atoms with van der Waals surface area (Å²) in [5, 5.41) is 5.24. The maximum Gasteiger partial charge on any atom is 0.313 e. The summed E-state index contributed by atoms with van der Waals surface area (Å²) in [4.78, 5) is 28.1. The standard InChI is InChI=1S/C18H21N3O3/c1-3-24-12-14-6-4-8-16(10-14)21-18(23)17(22)20-13(2)15-7-5-9-19-11-15/h4-11,13H,3,12H2,1-2H3,(H,20,22)(H,21,23)/t13-/m1/s1. The van der Waals surface area contributed by atoms with E-state index >= 15 is 0 Å². The molecule has 0 aliphatic heterocycles. The Balaban J connectivity index is 1.93. The molecule has 2 amide bonds. The van der Waals surface area contributed by atoms with Gasteiger partial charge in [0.2, 0.25) is 0 Å². The molecule has 0 unspecified atom stereocenters. The zero-order valence-corrected chi connectivity index (χ0v) is 13.8. The summed E-state index contributed by atoms with van der Waals surface area (Å²) in [6.07, 6.45) is 3.31. The first-order valence-electron chi connectivity index (χ1n) is 7.78. The molecule has 2 aromatic rings. The largest absolute Gasteiger partial charge is 0.377 e. The third kappa shape index (κ3) is 5.17. The van der Waals surface area contributed by atoms with Gasteiger partial charge in [-0.2, -0.15) is 0 Å². The molecule has 2 rings (SSSR count). The second-order valence-corrected chi connectivity index (χ2v) is 5.27. The fourth-order valence-corrected chi connectivity index (χ4v) is 2.12. The lowest BCUT2D eigenvalue weighted by Gasteiger charge is -2.14. The molecular formula is C18H21N3O3. The third-order valence-electron chi connectivity index (χ3n) is 3.40. The molecule has 0 aliphatic carbocycles. The zero-order chi connectivity index (χ0) is 17.4. The van der Waals surface area contributed by atoms with Gasteiger partial charge in [-0.25, -0.2) is 0 Å². The van der Waals surface area contributed by atoms with Gasteiger partial charge in [0.25, 0.3) is 0 Å². The highest BCUT2D eigenvalue weighted by atomic mass is 16.5. The van der Waals surface area contributed by atoms with Gasteiger partial charge >= 0.3 is 11.8 Å². The first-order valence-corrected chi connectivity index (χ1v) is 7.78. The van der Waals surface area contributed by atoms with Crippen LogP contribution in [-0.4, -0.2) is 23.4 Å². The lowest BCUT2D eigenvalue weighted by Crippen LogP contribution is -2.36. The number of rotatable bonds is 6. The summed E-state index contributed by atoms with van der Waals surface area (Å²) >= 11 is 0. The molecule has 2 N–H and O–H groups in total. The number of pyridine rings is 1. The summed E-state index contributed by atoms with van der Waals surface area (Å²) in [6.45, 7) is 4.79. The number of nitrogens with one attached hydrogen (secondary N) is 2. The molecular weight excluding hydrogens is 306 g/mol. The van der Waals surface area contributed by atoms with Crippen LogP contribution in [0, 0.1) is 0 Å². The van der Waals surface area contributed by atoms with Gasteiger partial charge in [0, 0.05) is 24.7 Å². The van der Waals surface area contributed by atoms with Crippen molar-refractivity contribution in [1.82, 2.24) is 10.3 Å². The minimum absolute atomic E-state index is 0.304. The van der Waals surface area contributed by atoms with Gasteiger partial charge in [-0.1, -0.05) is 18.2 Å². The Labute approximate surface area is 141 Å². The summed E-state index contributed by atoms with van der Waals surface area (Å²) in [6, 6.07) is 10.5. The van der Waals surface area contributed by atoms with E-state index in [1.54, 1.807) is 43.6 Å². The normalized spacial score (nSPS) is 11.6. The lowest BCUT2D eigenvalue weighted by atomic mass is 10.1. The molecule has 6 nitrogen and oxygen atoms in total. The van der Waals surface area contributed by atoms with Crippen molar-refractivity contribution in [3.63, 3.8) is 0 Å². The highest BCUT2D eigenvalue weighted by molar-refractivity contribution is 6.39. The van der Waals surface area contributed by atoms with Crippen LogP contribution in [0.15, 0.2) is 48.8 Å². The Morgan fingerprint density at radius 2 is 2.04 bits per heavy atom. The number of amides is 2. The first-order chi connectivity index (χ1) is 11.6. The number of hydrogen-bond donors (Lipinski definition) is 2. The zero-order valence-electron chi connectivity index (χ0n) is 13.8. The summed E-state index contributed by atoms with van der Waals surface area (Å²) in [5.74, 6) is -1.40. The fraction of sp³-hybridized carbons (Fsp3) is 0.278. The van der Waals surface area contributed by atoms with Crippen molar-refractivity contribution < 1.29 is 14.3 Å². The molecule has 6 heteroatoms. The van der Waals surface area contributed by atoms with Crippen molar-refractivity contribution in [2.24, 2.45) is 0 Å². The fourth-order valence-electron chi connectivity index (χ4n) is 2.12. The van der Waals surface area contributed by atoms with Crippen LogP contribution in [0.25, 0.3) is 0 Å². The van der Waals surface area contributed by atoms with E-state index in [0.29, 0.717) is 18.9 Å². The number of benzene rings is 1. The molecule has 0 radical (unpaired) electrons. The number of carbonyl (C=O) groups is 2. The lowest BCUT2D eigenvalue weighted by molar-refractivity contribution is -0.136. The van der Waals surface area contributed by atoms with E-state index in [1.165, 1.54) is 0 Å². The summed E-state index contributed by atoms with van der Waals surface area (Å²) in [5.41, 5.74) is 2.32. The molecule has 1 aromatic carbocycles. The predicted molar refractivity (Wildman–Crippen MR) is 91.2 cm³/mol. The van der Waals surface area contributed by atoms with Crippen LogP contribution in [0.5, 0.6) is 0 Å². The van der Waals surface area contributed by atoms with Crippen LogP contribution in [0.2, 0.25) is 0 Å². The molecule has 24 heavy (non-hydrogen) atoms. The number of ether oxygens (including phenoxy) is 1. The van der Waals surface area contributed by atoms with Gasteiger partial charge < -0.3 is 15.4 Å². The SMILES string of the molecule is CCOCc1cccc(NC(=O)C(=O)N[C@H](C)c2cccnc2)c1. The van der Waals surface area contributed by atoms with Crippen LogP contribution in [0.3, 0.4) is 0 Å². The molecule has 0 aliphatic rings. The number of carbonyl (C=O) groups excluding carboxylic acids is 2. The van der Waals surface area contributed by atoms with Crippen molar-refractivity contribution in [3.05, 3.63) is 59.9 Å². The van der Waals surface area contributed by atoms with Crippen molar-refractivity contribution in [2.45, 2.75) is 26.5 Å². The van der Waals surface area contributed by atoms with Gasteiger partial charge in [0.15, 0.2) is 0 Å². The molecule has 0 spiro atoms. The van der Waals surface area contributed by atoms with Gasteiger partial charge in [-0.05, 0) is 43.2 Å². The van der Waals surface area contributed by atoms with Crippen LogP contribution in [0.4, 0.5) is 5.69 Å². The highest BCUT2D eigenvalue weighted by Crippen LogP contribution is 2.12. The minimum Gasteiger partial charge on any atom is -0.377 e. The van der Waals surface area contributed by atoms with Gasteiger partial charge in [0.1, 0.15) is 0 Å². The second kappa shape index (κ2) is 8.79. The van der Waals surface area contributed by atoms with Crippen molar-refractivity contribution in [2.75, 3.05) is 11.9 Å². The number of anilines is 1. The van der Waals surface area contributed by atoms with E-state index in [-0.39, 0.29) is 6.04 Å². The third-order valence-corrected chi connectivity index (χ3v) is 3.40. The van der Waals surface area contributed by atoms with Crippen molar-refractivity contribution in [1.29, 1.82) is 0 Å². The predicted octanol–water partition coefficient (Wildman–Crippen LogP) is 2.43.